The molecule has 3 rings (SSSR count). The molecule has 2 heterocycles. The van der Waals surface area contributed by atoms with Gasteiger partial charge in [0.1, 0.15) is 11.5 Å². The van der Waals surface area contributed by atoms with Gasteiger partial charge >= 0.3 is 0 Å². The molecule has 0 saturated carbocycles. The second-order valence-electron chi connectivity index (χ2n) is 5.78. The molecule has 2 aromatic rings. The number of carbonyl (C=O) groups is 1. The highest BCUT2D eigenvalue weighted by atomic mass is 19.1. The van der Waals surface area contributed by atoms with Crippen molar-refractivity contribution in [2.24, 2.45) is 5.92 Å². The van der Waals surface area contributed by atoms with Crippen LogP contribution < -0.4 is 5.32 Å². The first-order valence-corrected chi connectivity index (χ1v) is 7.60. The number of hydrogen-bond acceptors (Lipinski definition) is 2. The van der Waals surface area contributed by atoms with Gasteiger partial charge in [-0.3, -0.25) is 9.69 Å². The first-order valence-electron chi connectivity index (χ1n) is 7.60. The topological polar surface area (TPSA) is 48.1 Å². The molecule has 0 unspecified atom stereocenters. The molecule has 1 aromatic heterocycles. The lowest BCUT2D eigenvalue weighted by Crippen LogP contribution is -2.31. The van der Waals surface area contributed by atoms with Crippen molar-refractivity contribution >= 4 is 5.91 Å². The third-order valence-corrected chi connectivity index (χ3v) is 4.12. The molecule has 1 saturated heterocycles. The van der Waals surface area contributed by atoms with Gasteiger partial charge in [-0.05, 0) is 37.1 Å². The predicted octanol–water partition coefficient (Wildman–Crippen LogP) is 2.41. The largest absolute Gasteiger partial charge is 0.357 e. The fraction of sp³-hybridized carbons (Fsp3) is 0.353. The van der Waals surface area contributed by atoms with Crippen molar-refractivity contribution < 1.29 is 9.18 Å². The predicted molar refractivity (Wildman–Crippen MR) is 82.9 cm³/mol. The standard InChI is InChI=1S/C17H20FN3O/c18-15-5-2-1-4-14(15)12-21-9-7-13(11-21)10-20-17(22)16-6-3-8-19-16/h1-6,8,13,19H,7,9-12H2,(H,20,22)/t13-/m1/s1. The van der Waals surface area contributed by atoms with Crippen LogP contribution in [0.5, 0.6) is 0 Å². The molecule has 116 valence electrons. The van der Waals surface area contributed by atoms with Crippen LogP contribution in [0.4, 0.5) is 4.39 Å². The van der Waals surface area contributed by atoms with Crippen molar-refractivity contribution in [3.05, 3.63) is 59.7 Å². The van der Waals surface area contributed by atoms with E-state index in [0.717, 1.165) is 25.1 Å². The number of halogens is 1. The summed E-state index contributed by atoms with van der Waals surface area (Å²) < 4.78 is 13.7. The number of benzene rings is 1. The zero-order valence-corrected chi connectivity index (χ0v) is 12.4. The molecular formula is C17H20FN3O. The Morgan fingerprint density at radius 3 is 2.95 bits per heavy atom. The second-order valence-corrected chi connectivity index (χ2v) is 5.78. The Kier molecular flexibility index (Phi) is 4.53. The zero-order valence-electron chi connectivity index (χ0n) is 12.4. The van der Waals surface area contributed by atoms with E-state index >= 15 is 0 Å². The van der Waals surface area contributed by atoms with E-state index in [9.17, 15) is 9.18 Å². The third-order valence-electron chi connectivity index (χ3n) is 4.12. The van der Waals surface area contributed by atoms with Gasteiger partial charge in [0.05, 0.1) is 0 Å². The number of aromatic amines is 1. The SMILES string of the molecule is O=C(NC[C@H]1CCN(Cc2ccccc2F)C1)c1ccc[nH]1. The minimum atomic E-state index is -0.147. The fourth-order valence-corrected chi connectivity index (χ4v) is 2.89. The van der Waals surface area contributed by atoms with Crippen molar-refractivity contribution in [3.8, 4) is 0 Å². The summed E-state index contributed by atoms with van der Waals surface area (Å²) in [6.45, 7) is 3.12. The Morgan fingerprint density at radius 2 is 2.18 bits per heavy atom. The zero-order chi connectivity index (χ0) is 15.4. The Hall–Kier alpha value is -2.14. The maximum atomic E-state index is 13.7. The molecule has 1 aromatic carbocycles. The summed E-state index contributed by atoms with van der Waals surface area (Å²) in [6, 6.07) is 10.5. The number of aromatic nitrogens is 1. The van der Waals surface area contributed by atoms with Crippen LogP contribution in [0.15, 0.2) is 42.6 Å². The lowest BCUT2D eigenvalue weighted by molar-refractivity contribution is 0.0943. The summed E-state index contributed by atoms with van der Waals surface area (Å²) in [7, 11) is 0. The minimum absolute atomic E-state index is 0.0717. The highest BCUT2D eigenvalue weighted by molar-refractivity contribution is 5.92. The Bertz CT molecular complexity index is 627. The molecule has 0 bridgehead atoms. The average Bonchev–Trinajstić information content (AvgIpc) is 3.19. The minimum Gasteiger partial charge on any atom is -0.357 e. The average molecular weight is 301 g/mol. The van der Waals surface area contributed by atoms with Crippen LogP contribution in [-0.2, 0) is 6.54 Å². The van der Waals surface area contributed by atoms with Crippen LogP contribution in [0.3, 0.4) is 0 Å². The van der Waals surface area contributed by atoms with E-state index in [-0.39, 0.29) is 11.7 Å². The highest BCUT2D eigenvalue weighted by Crippen LogP contribution is 2.19. The van der Waals surface area contributed by atoms with Gasteiger partial charge in [-0.2, -0.15) is 0 Å². The Morgan fingerprint density at radius 1 is 1.32 bits per heavy atom. The molecule has 1 atom stereocenters. The van der Waals surface area contributed by atoms with E-state index in [0.29, 0.717) is 24.7 Å². The normalized spacial score (nSPS) is 18.5. The van der Waals surface area contributed by atoms with Crippen LogP contribution in [0.1, 0.15) is 22.5 Å². The number of nitrogens with one attached hydrogen (secondary N) is 2. The smallest absolute Gasteiger partial charge is 0.267 e. The van der Waals surface area contributed by atoms with Gasteiger partial charge in [0.25, 0.3) is 5.91 Å². The van der Waals surface area contributed by atoms with Crippen LogP contribution in [-0.4, -0.2) is 35.4 Å². The molecule has 1 aliphatic rings. The first kappa shape index (κ1) is 14.8. The summed E-state index contributed by atoms with van der Waals surface area (Å²) in [5.41, 5.74) is 1.32. The molecule has 2 N–H and O–H groups in total. The van der Waals surface area contributed by atoms with Crippen molar-refractivity contribution in [2.45, 2.75) is 13.0 Å². The summed E-state index contributed by atoms with van der Waals surface area (Å²) in [5.74, 6) is 0.203. The van der Waals surface area contributed by atoms with Crippen molar-refractivity contribution in [1.82, 2.24) is 15.2 Å². The summed E-state index contributed by atoms with van der Waals surface area (Å²) >= 11 is 0. The summed E-state index contributed by atoms with van der Waals surface area (Å²) in [6.07, 6.45) is 2.76. The van der Waals surface area contributed by atoms with Crippen molar-refractivity contribution in [1.29, 1.82) is 0 Å². The second kappa shape index (κ2) is 6.75. The summed E-state index contributed by atoms with van der Waals surface area (Å²) in [5, 5.41) is 2.95. The van der Waals surface area contributed by atoms with Gasteiger partial charge in [-0.15, -0.1) is 0 Å². The molecule has 22 heavy (non-hydrogen) atoms. The van der Waals surface area contributed by atoms with E-state index in [2.05, 4.69) is 15.2 Å². The Labute approximate surface area is 129 Å². The number of amides is 1. The van der Waals surface area contributed by atoms with Crippen molar-refractivity contribution in [3.63, 3.8) is 0 Å². The monoisotopic (exact) mass is 301 g/mol. The van der Waals surface area contributed by atoms with Crippen LogP contribution in [0.25, 0.3) is 0 Å². The van der Waals surface area contributed by atoms with Gasteiger partial charge in [0, 0.05) is 31.4 Å². The maximum Gasteiger partial charge on any atom is 0.267 e. The van der Waals surface area contributed by atoms with Gasteiger partial charge in [0.2, 0.25) is 0 Å². The maximum absolute atomic E-state index is 13.7. The van der Waals surface area contributed by atoms with Gasteiger partial charge in [-0.25, -0.2) is 4.39 Å². The van der Waals surface area contributed by atoms with Crippen LogP contribution in [0, 0.1) is 11.7 Å². The molecule has 1 fully saturated rings. The molecule has 1 aliphatic heterocycles. The number of rotatable bonds is 5. The van der Waals surface area contributed by atoms with E-state index in [1.807, 2.05) is 12.1 Å². The molecule has 5 heteroatoms. The van der Waals surface area contributed by atoms with E-state index < -0.39 is 0 Å². The molecular weight excluding hydrogens is 281 g/mol. The lowest BCUT2D eigenvalue weighted by Gasteiger charge is -2.16. The quantitative estimate of drug-likeness (QED) is 0.891. The number of carbonyl (C=O) groups excluding carboxylic acids is 1. The number of likely N-dealkylation sites (tertiary alicyclic amines) is 1. The van der Waals surface area contributed by atoms with E-state index in [1.165, 1.54) is 6.07 Å². The number of hydrogen-bond donors (Lipinski definition) is 2. The van der Waals surface area contributed by atoms with Crippen LogP contribution in [0.2, 0.25) is 0 Å². The highest BCUT2D eigenvalue weighted by Gasteiger charge is 2.23. The summed E-state index contributed by atoms with van der Waals surface area (Å²) in [4.78, 5) is 17.0. The molecule has 1 amide bonds. The Balaban J connectivity index is 1.46. The third kappa shape index (κ3) is 3.54. The first-order chi connectivity index (χ1) is 10.7. The van der Waals surface area contributed by atoms with Gasteiger partial charge in [-0.1, -0.05) is 18.2 Å². The number of H-pyrrole nitrogens is 1. The molecule has 0 spiro atoms. The fourth-order valence-electron chi connectivity index (χ4n) is 2.89. The lowest BCUT2D eigenvalue weighted by atomic mass is 10.1. The van der Waals surface area contributed by atoms with Crippen LogP contribution >= 0.6 is 0 Å². The molecule has 4 nitrogen and oxygen atoms in total. The van der Waals surface area contributed by atoms with E-state index in [4.69, 9.17) is 0 Å². The number of nitrogens with zero attached hydrogens (tertiary/aromatic N) is 1. The van der Waals surface area contributed by atoms with Crippen molar-refractivity contribution in [2.75, 3.05) is 19.6 Å². The van der Waals surface area contributed by atoms with Gasteiger partial charge < -0.3 is 10.3 Å². The van der Waals surface area contributed by atoms with Gasteiger partial charge in [0.15, 0.2) is 0 Å². The van der Waals surface area contributed by atoms with E-state index in [1.54, 1.807) is 24.4 Å². The molecule has 0 radical (unpaired) electrons. The molecule has 0 aliphatic carbocycles.